The van der Waals surface area contributed by atoms with E-state index in [1.54, 1.807) is 6.07 Å². The van der Waals surface area contributed by atoms with Gasteiger partial charge in [0.25, 0.3) is 0 Å². The minimum absolute atomic E-state index is 0.180. The molecule has 6 heteroatoms. The van der Waals surface area contributed by atoms with E-state index in [1.807, 2.05) is 4.90 Å². The van der Waals surface area contributed by atoms with Crippen molar-refractivity contribution in [1.29, 1.82) is 0 Å². The van der Waals surface area contributed by atoms with E-state index in [9.17, 15) is 9.18 Å². The Morgan fingerprint density at radius 2 is 2.15 bits per heavy atom. The first kappa shape index (κ1) is 15.3. The molecule has 1 aromatic carbocycles. The van der Waals surface area contributed by atoms with Crippen LogP contribution in [0.5, 0.6) is 0 Å². The molecule has 20 heavy (non-hydrogen) atoms. The second-order valence-corrected chi connectivity index (χ2v) is 5.74. The third kappa shape index (κ3) is 3.12. The van der Waals surface area contributed by atoms with Crippen molar-refractivity contribution >= 4 is 27.6 Å². The van der Waals surface area contributed by atoms with Gasteiger partial charge < -0.3 is 14.7 Å². The molecule has 1 fully saturated rings. The van der Waals surface area contributed by atoms with Gasteiger partial charge in [0.1, 0.15) is 5.82 Å². The van der Waals surface area contributed by atoms with Crippen LogP contribution < -0.4 is 4.90 Å². The van der Waals surface area contributed by atoms with Crippen molar-refractivity contribution in [3.8, 4) is 0 Å². The summed E-state index contributed by atoms with van der Waals surface area (Å²) in [5.74, 6) is -0.704. The number of carbonyl (C=O) groups excluding carboxylic acids is 1. The van der Waals surface area contributed by atoms with Crippen molar-refractivity contribution in [2.75, 3.05) is 31.7 Å². The van der Waals surface area contributed by atoms with Crippen LogP contribution in [0.1, 0.15) is 23.2 Å². The Labute approximate surface area is 125 Å². The number of nitrogens with zero attached hydrogens (tertiary/aromatic N) is 1. The molecule has 0 saturated carbocycles. The van der Waals surface area contributed by atoms with Gasteiger partial charge in [0.05, 0.1) is 18.4 Å². The van der Waals surface area contributed by atoms with Gasteiger partial charge in [0.2, 0.25) is 0 Å². The maximum absolute atomic E-state index is 14.2. The molecule has 0 bridgehead atoms. The van der Waals surface area contributed by atoms with Gasteiger partial charge in [0.15, 0.2) is 0 Å². The van der Waals surface area contributed by atoms with Gasteiger partial charge in [-0.1, -0.05) is 0 Å². The topological polar surface area (TPSA) is 49.8 Å². The predicted octanol–water partition coefficient (Wildman–Crippen LogP) is 2.58. The van der Waals surface area contributed by atoms with E-state index in [0.29, 0.717) is 29.2 Å². The second kappa shape index (κ2) is 6.54. The lowest BCUT2D eigenvalue weighted by atomic mass is 9.97. The molecule has 0 amide bonds. The quantitative estimate of drug-likeness (QED) is 0.855. The van der Waals surface area contributed by atoms with Crippen LogP contribution in [-0.4, -0.2) is 37.9 Å². The first-order valence-electron chi connectivity index (χ1n) is 6.50. The monoisotopic (exact) mass is 345 g/mol. The number of methoxy groups -OCH3 is 1. The molecule has 0 atom stereocenters. The highest BCUT2D eigenvalue weighted by Crippen LogP contribution is 2.30. The molecular weight excluding hydrogens is 329 g/mol. The summed E-state index contributed by atoms with van der Waals surface area (Å²) in [7, 11) is 1.26. The van der Waals surface area contributed by atoms with Crippen LogP contribution in [0.4, 0.5) is 10.1 Å². The number of hydrogen-bond donors (Lipinski definition) is 1. The average molecular weight is 346 g/mol. The van der Waals surface area contributed by atoms with Crippen LogP contribution in [0.15, 0.2) is 16.6 Å². The highest BCUT2D eigenvalue weighted by atomic mass is 79.9. The standard InChI is InChI=1S/C14H17BrFNO3/c1-20-14(19)10-6-12(16)13(7-11(10)15)17-4-2-9(8-18)3-5-17/h6-7,9,18H,2-5,8H2,1H3. The number of ether oxygens (including phenoxy) is 1. The summed E-state index contributed by atoms with van der Waals surface area (Å²) >= 11 is 3.28. The highest BCUT2D eigenvalue weighted by Gasteiger charge is 2.23. The van der Waals surface area contributed by atoms with Gasteiger partial charge in [-0.25, -0.2) is 9.18 Å². The Morgan fingerprint density at radius 1 is 1.50 bits per heavy atom. The smallest absolute Gasteiger partial charge is 0.339 e. The number of carbonyl (C=O) groups is 1. The predicted molar refractivity (Wildman–Crippen MR) is 77.5 cm³/mol. The van der Waals surface area contributed by atoms with E-state index in [2.05, 4.69) is 20.7 Å². The number of benzene rings is 1. The number of hydrogen-bond acceptors (Lipinski definition) is 4. The molecule has 0 aromatic heterocycles. The fourth-order valence-electron chi connectivity index (χ4n) is 2.40. The van der Waals surface area contributed by atoms with Gasteiger partial charge in [-0.15, -0.1) is 0 Å². The third-order valence-corrected chi connectivity index (χ3v) is 4.31. The normalized spacial score (nSPS) is 16.3. The molecule has 4 nitrogen and oxygen atoms in total. The van der Waals surface area contributed by atoms with Crippen LogP contribution in [-0.2, 0) is 4.74 Å². The largest absolute Gasteiger partial charge is 0.465 e. The lowest BCUT2D eigenvalue weighted by molar-refractivity contribution is 0.0599. The summed E-state index contributed by atoms with van der Waals surface area (Å²) in [6.45, 7) is 1.58. The summed E-state index contributed by atoms with van der Waals surface area (Å²) in [6, 6.07) is 2.81. The second-order valence-electron chi connectivity index (χ2n) is 4.89. The van der Waals surface area contributed by atoms with Crippen molar-refractivity contribution in [1.82, 2.24) is 0 Å². The van der Waals surface area contributed by atoms with Crippen molar-refractivity contribution in [3.63, 3.8) is 0 Å². The molecule has 1 N–H and O–H groups in total. The number of esters is 1. The van der Waals surface area contributed by atoms with Crippen molar-refractivity contribution in [2.45, 2.75) is 12.8 Å². The van der Waals surface area contributed by atoms with Crippen molar-refractivity contribution in [2.24, 2.45) is 5.92 Å². The van der Waals surface area contributed by atoms with Crippen molar-refractivity contribution in [3.05, 3.63) is 28.0 Å². The van der Waals surface area contributed by atoms with Crippen LogP contribution in [0.3, 0.4) is 0 Å². The molecular formula is C14H17BrFNO3. The molecule has 1 aliphatic rings. The Hall–Kier alpha value is -1.14. The number of aliphatic hydroxyl groups excluding tert-OH is 1. The minimum atomic E-state index is -0.568. The summed E-state index contributed by atoms with van der Waals surface area (Å²) in [5, 5.41) is 9.12. The molecule has 1 saturated heterocycles. The van der Waals surface area contributed by atoms with Gasteiger partial charge in [-0.05, 0) is 46.8 Å². The van der Waals surface area contributed by atoms with Gasteiger partial charge >= 0.3 is 5.97 Å². The highest BCUT2D eigenvalue weighted by molar-refractivity contribution is 9.10. The van der Waals surface area contributed by atoms with Gasteiger partial charge in [-0.2, -0.15) is 0 Å². The van der Waals surface area contributed by atoms with E-state index in [0.717, 1.165) is 12.8 Å². The Morgan fingerprint density at radius 3 is 2.70 bits per heavy atom. The maximum Gasteiger partial charge on any atom is 0.339 e. The lowest BCUT2D eigenvalue weighted by Gasteiger charge is -2.33. The fourth-order valence-corrected chi connectivity index (χ4v) is 2.89. The van der Waals surface area contributed by atoms with E-state index in [1.165, 1.54) is 13.2 Å². The first-order chi connectivity index (χ1) is 9.56. The van der Waals surface area contributed by atoms with Crippen molar-refractivity contribution < 1.29 is 19.0 Å². The van der Waals surface area contributed by atoms with E-state index >= 15 is 0 Å². The van der Waals surface area contributed by atoms with E-state index in [-0.39, 0.29) is 12.2 Å². The molecule has 2 rings (SSSR count). The summed E-state index contributed by atoms with van der Waals surface area (Å²) in [6.07, 6.45) is 1.68. The zero-order valence-electron chi connectivity index (χ0n) is 11.2. The van der Waals surface area contributed by atoms with Gasteiger partial charge in [-0.3, -0.25) is 0 Å². The van der Waals surface area contributed by atoms with E-state index in [4.69, 9.17) is 5.11 Å². The molecule has 0 spiro atoms. The molecule has 1 aliphatic heterocycles. The summed E-state index contributed by atoms with van der Waals surface area (Å²) in [4.78, 5) is 13.4. The molecule has 0 radical (unpaired) electrons. The van der Waals surface area contributed by atoms with E-state index < -0.39 is 11.8 Å². The zero-order chi connectivity index (χ0) is 14.7. The van der Waals surface area contributed by atoms with Crippen LogP contribution in [0.2, 0.25) is 0 Å². The molecule has 0 aliphatic carbocycles. The van der Waals surface area contributed by atoms with Crippen LogP contribution >= 0.6 is 15.9 Å². The van der Waals surface area contributed by atoms with Crippen LogP contribution in [0, 0.1) is 11.7 Å². The third-order valence-electron chi connectivity index (χ3n) is 3.66. The number of piperidine rings is 1. The fraction of sp³-hybridized carbons (Fsp3) is 0.500. The maximum atomic E-state index is 14.2. The number of halogens is 2. The number of rotatable bonds is 3. The first-order valence-corrected chi connectivity index (χ1v) is 7.29. The Kier molecular flexibility index (Phi) is 4.99. The molecule has 1 aromatic rings. The lowest BCUT2D eigenvalue weighted by Crippen LogP contribution is -2.35. The number of aliphatic hydroxyl groups is 1. The molecule has 110 valence electrons. The summed E-state index contributed by atoms with van der Waals surface area (Å²) < 4.78 is 19.3. The Balaban J connectivity index is 2.21. The van der Waals surface area contributed by atoms with Gasteiger partial charge in [0, 0.05) is 24.2 Å². The average Bonchev–Trinajstić information content (AvgIpc) is 2.48. The molecule has 1 heterocycles. The summed E-state index contributed by atoms with van der Waals surface area (Å²) in [5.41, 5.74) is 0.653. The zero-order valence-corrected chi connectivity index (χ0v) is 12.8. The Bertz CT molecular complexity index is 501. The SMILES string of the molecule is COC(=O)c1cc(F)c(N2CCC(CO)CC2)cc1Br. The minimum Gasteiger partial charge on any atom is -0.465 e. The number of anilines is 1. The molecule has 0 unspecified atom stereocenters. The van der Waals surface area contributed by atoms with Crippen LogP contribution in [0.25, 0.3) is 0 Å².